The van der Waals surface area contributed by atoms with E-state index in [-0.39, 0.29) is 0 Å². The molecule has 0 radical (unpaired) electrons. The highest BCUT2D eigenvalue weighted by molar-refractivity contribution is 7.79. The molecule has 0 amide bonds. The van der Waals surface area contributed by atoms with E-state index in [1.165, 1.54) is 21.5 Å². The number of aryl methyl sites for hydroxylation is 1. The van der Waals surface area contributed by atoms with Crippen LogP contribution in [0.2, 0.25) is 0 Å². The second kappa shape index (κ2) is 10.6. The van der Waals surface area contributed by atoms with Crippen LogP contribution < -0.4 is 20.7 Å². The average molecular weight is 474 g/mol. The van der Waals surface area contributed by atoms with E-state index in [9.17, 15) is 0 Å². The summed E-state index contributed by atoms with van der Waals surface area (Å²) in [6, 6.07) is 40.3. The van der Waals surface area contributed by atoms with E-state index in [4.69, 9.17) is 4.74 Å². The normalized spacial score (nSPS) is 10.9. The molecule has 35 heavy (non-hydrogen) atoms. The zero-order chi connectivity index (χ0) is 24.0. The fourth-order valence-electron chi connectivity index (χ4n) is 4.25. The van der Waals surface area contributed by atoms with E-state index in [1.807, 2.05) is 24.4 Å². The molecule has 0 spiro atoms. The van der Waals surface area contributed by atoms with Crippen molar-refractivity contribution in [2.24, 2.45) is 0 Å². The fraction of sp³-hybridized carbons (Fsp3) is 0.0625. The van der Waals surface area contributed by atoms with E-state index in [0.717, 1.165) is 28.1 Å². The first-order chi connectivity index (χ1) is 17.2. The molecular weight excluding hydrogens is 445 g/mol. The minimum atomic E-state index is -0.700. The van der Waals surface area contributed by atoms with Crippen LogP contribution in [-0.4, -0.2) is 4.98 Å². The first kappa shape index (κ1) is 22.9. The molecule has 5 rings (SSSR count). The van der Waals surface area contributed by atoms with Crippen LogP contribution in [0.1, 0.15) is 22.4 Å². The van der Waals surface area contributed by atoms with Crippen LogP contribution >= 0.6 is 7.92 Å². The summed E-state index contributed by atoms with van der Waals surface area (Å²) in [7, 11) is -0.700. The number of hydrogen-bond donors (Lipinski definition) is 1. The van der Waals surface area contributed by atoms with Gasteiger partial charge < -0.3 is 9.72 Å². The van der Waals surface area contributed by atoms with Crippen molar-refractivity contribution in [2.75, 3.05) is 0 Å². The smallest absolute Gasteiger partial charge is 0.129 e. The van der Waals surface area contributed by atoms with Gasteiger partial charge in [-0.3, -0.25) is 0 Å². The largest absolute Gasteiger partial charge is 0.487 e. The summed E-state index contributed by atoms with van der Waals surface area (Å²) in [6.45, 7) is 6.94. The molecule has 0 aliphatic heterocycles. The maximum atomic E-state index is 6.46. The molecule has 3 heteroatoms. The molecule has 1 heterocycles. The summed E-state index contributed by atoms with van der Waals surface area (Å²) < 4.78 is 6.46. The number of ether oxygens (including phenoxy) is 1. The van der Waals surface area contributed by atoms with Gasteiger partial charge >= 0.3 is 0 Å². The number of benzene rings is 4. The minimum Gasteiger partial charge on any atom is -0.487 e. The van der Waals surface area contributed by atoms with Crippen LogP contribution in [-0.2, 0) is 6.61 Å². The average Bonchev–Trinajstić information content (AvgIpc) is 3.37. The molecule has 1 N–H and O–H groups in total. The first-order valence-electron chi connectivity index (χ1n) is 11.8. The highest BCUT2D eigenvalue weighted by Gasteiger charge is 2.21. The fourth-order valence-corrected chi connectivity index (χ4v) is 6.67. The van der Waals surface area contributed by atoms with Crippen LogP contribution in [0.25, 0.3) is 5.57 Å². The molecule has 1 aromatic heterocycles. The summed E-state index contributed by atoms with van der Waals surface area (Å²) in [5, 5.41) is 3.93. The Morgan fingerprint density at radius 1 is 0.771 bits per heavy atom. The molecule has 0 saturated carbocycles. The molecule has 5 aromatic rings. The Labute approximate surface area is 208 Å². The number of aromatic amines is 1. The lowest BCUT2D eigenvalue weighted by molar-refractivity contribution is 0.302. The molecule has 0 aliphatic carbocycles. The zero-order valence-corrected chi connectivity index (χ0v) is 20.7. The third kappa shape index (κ3) is 5.14. The lowest BCUT2D eigenvalue weighted by Gasteiger charge is -2.20. The number of rotatable bonds is 8. The highest BCUT2D eigenvalue weighted by Crippen LogP contribution is 2.35. The van der Waals surface area contributed by atoms with Crippen molar-refractivity contribution in [3.63, 3.8) is 0 Å². The molecule has 0 bridgehead atoms. The zero-order valence-electron chi connectivity index (χ0n) is 19.8. The number of aromatic nitrogens is 1. The molecule has 0 atom stereocenters. The van der Waals surface area contributed by atoms with Gasteiger partial charge in [-0.15, -0.1) is 0 Å². The van der Waals surface area contributed by atoms with Crippen molar-refractivity contribution in [1.82, 2.24) is 4.98 Å². The first-order valence-corrected chi connectivity index (χ1v) is 13.1. The second-order valence-corrected chi connectivity index (χ2v) is 10.7. The summed E-state index contributed by atoms with van der Waals surface area (Å²) in [5.74, 6) is 0.841. The molecule has 0 saturated heterocycles. The summed E-state index contributed by atoms with van der Waals surface area (Å²) >= 11 is 0. The van der Waals surface area contributed by atoms with Gasteiger partial charge in [-0.1, -0.05) is 109 Å². The lowest BCUT2D eigenvalue weighted by Crippen LogP contribution is -2.22. The Kier molecular flexibility index (Phi) is 6.93. The van der Waals surface area contributed by atoms with E-state index in [2.05, 4.69) is 116 Å². The minimum absolute atomic E-state index is 0.457. The van der Waals surface area contributed by atoms with E-state index in [1.54, 1.807) is 0 Å². The molecule has 0 unspecified atom stereocenters. The van der Waals surface area contributed by atoms with Gasteiger partial charge in [-0.2, -0.15) is 0 Å². The maximum absolute atomic E-state index is 6.46. The van der Waals surface area contributed by atoms with Gasteiger partial charge in [0, 0.05) is 17.1 Å². The predicted octanol–water partition coefficient (Wildman–Crippen LogP) is 6.72. The maximum Gasteiger partial charge on any atom is 0.129 e. The number of hydrogen-bond acceptors (Lipinski definition) is 1. The van der Waals surface area contributed by atoms with Crippen LogP contribution in [0.4, 0.5) is 0 Å². The molecule has 0 fully saturated rings. The molecule has 172 valence electrons. The van der Waals surface area contributed by atoms with Gasteiger partial charge in [0.1, 0.15) is 12.4 Å². The van der Waals surface area contributed by atoms with Gasteiger partial charge in [0.05, 0.1) is 5.69 Å². The monoisotopic (exact) mass is 473 g/mol. The van der Waals surface area contributed by atoms with E-state index >= 15 is 0 Å². The van der Waals surface area contributed by atoms with Gasteiger partial charge in [0.2, 0.25) is 0 Å². The Morgan fingerprint density at radius 2 is 1.37 bits per heavy atom. The third-order valence-electron chi connectivity index (χ3n) is 6.03. The van der Waals surface area contributed by atoms with E-state index in [0.29, 0.717) is 6.61 Å². The van der Waals surface area contributed by atoms with Crippen molar-refractivity contribution in [1.29, 1.82) is 0 Å². The van der Waals surface area contributed by atoms with Gasteiger partial charge in [0.25, 0.3) is 0 Å². The molecule has 2 nitrogen and oxygen atoms in total. The van der Waals surface area contributed by atoms with Gasteiger partial charge in [0.15, 0.2) is 0 Å². The summed E-state index contributed by atoms with van der Waals surface area (Å²) in [6.07, 6.45) is 2.02. The summed E-state index contributed by atoms with van der Waals surface area (Å²) in [5.41, 5.74) is 5.37. The third-order valence-corrected chi connectivity index (χ3v) is 8.56. The Morgan fingerprint density at radius 3 is 2.00 bits per heavy atom. The molecule has 4 aromatic carbocycles. The van der Waals surface area contributed by atoms with Crippen molar-refractivity contribution in [3.05, 3.63) is 150 Å². The summed E-state index contributed by atoms with van der Waals surface area (Å²) in [4.78, 5) is 3.46. The van der Waals surface area contributed by atoms with Crippen LogP contribution in [0, 0.1) is 6.92 Å². The standard InChI is InChI=1S/C32H28NOP/c1-24-18-19-31(29(22-24)25(2)26-12-6-3-7-13-26)34-23-30-32(20-21-33-30)35(27-14-8-4-9-15-27)28-16-10-5-11-17-28/h3-22,33H,2,23H2,1H3. The highest BCUT2D eigenvalue weighted by atomic mass is 31.1. The molecular formula is C32H28NOP. The quantitative estimate of drug-likeness (QED) is 0.249. The van der Waals surface area contributed by atoms with Crippen LogP contribution in [0.5, 0.6) is 5.75 Å². The SMILES string of the molecule is C=C(c1ccccc1)c1cc(C)ccc1OCc1[nH]ccc1P(c1ccccc1)c1ccccc1. The van der Waals surface area contributed by atoms with Crippen molar-refractivity contribution < 1.29 is 4.74 Å². The van der Waals surface area contributed by atoms with Crippen molar-refractivity contribution in [2.45, 2.75) is 13.5 Å². The van der Waals surface area contributed by atoms with E-state index < -0.39 is 7.92 Å². The van der Waals surface area contributed by atoms with Crippen LogP contribution in [0.3, 0.4) is 0 Å². The van der Waals surface area contributed by atoms with Gasteiger partial charge in [-0.05, 0) is 54.8 Å². The van der Waals surface area contributed by atoms with Crippen molar-refractivity contribution >= 4 is 29.4 Å². The van der Waals surface area contributed by atoms with Crippen LogP contribution in [0.15, 0.2) is 128 Å². The second-order valence-electron chi connectivity index (χ2n) is 8.48. The lowest BCUT2D eigenvalue weighted by atomic mass is 9.97. The Hall–Kier alpha value is -3.87. The Balaban J connectivity index is 1.46. The van der Waals surface area contributed by atoms with Crippen molar-refractivity contribution in [3.8, 4) is 5.75 Å². The van der Waals surface area contributed by atoms with Gasteiger partial charge in [-0.25, -0.2) is 0 Å². The number of H-pyrrole nitrogens is 1. The Bertz CT molecular complexity index is 1370. The topological polar surface area (TPSA) is 25.0 Å². The number of nitrogens with one attached hydrogen (secondary N) is 1. The predicted molar refractivity (Wildman–Crippen MR) is 150 cm³/mol. The molecule has 0 aliphatic rings.